The van der Waals surface area contributed by atoms with Crippen LogP contribution in [-0.2, 0) is 29.9 Å². The Morgan fingerprint density at radius 3 is 2.32 bits per heavy atom. The van der Waals surface area contributed by atoms with E-state index < -0.39 is 28.9 Å². The van der Waals surface area contributed by atoms with Crippen LogP contribution >= 0.6 is 0 Å². The van der Waals surface area contributed by atoms with E-state index in [0.717, 1.165) is 18.5 Å². The predicted octanol–water partition coefficient (Wildman–Crippen LogP) is 4.92. The number of aryl methyl sites for hydroxylation is 2. The van der Waals surface area contributed by atoms with Crippen molar-refractivity contribution >= 4 is 5.82 Å². The minimum Gasteiger partial charge on any atom is -0.381 e. The van der Waals surface area contributed by atoms with E-state index >= 15 is 0 Å². The summed E-state index contributed by atoms with van der Waals surface area (Å²) in [7, 11) is 1.54. The molecule has 2 atom stereocenters. The molecule has 1 aliphatic carbocycles. The summed E-state index contributed by atoms with van der Waals surface area (Å²) in [6.45, 7) is 3.75. The number of nitrogens with one attached hydrogen (secondary N) is 1. The Labute approximate surface area is 175 Å². The fraction of sp³-hybridized carbons (Fsp3) is 0.550. The molecule has 1 aliphatic rings. The third-order valence-electron chi connectivity index (χ3n) is 5.74. The van der Waals surface area contributed by atoms with Gasteiger partial charge in [0.1, 0.15) is 17.2 Å². The molecule has 0 radical (unpaired) electrons. The molecule has 2 heterocycles. The van der Waals surface area contributed by atoms with E-state index in [0.29, 0.717) is 12.6 Å². The molecule has 0 aliphatic heterocycles. The fourth-order valence-corrected chi connectivity index (χ4v) is 3.70. The molecule has 0 aromatic carbocycles. The number of hydrogen-bond acceptors (Lipinski definition) is 5. The van der Waals surface area contributed by atoms with E-state index in [2.05, 4.69) is 20.3 Å². The van der Waals surface area contributed by atoms with Crippen molar-refractivity contribution in [3.05, 3.63) is 47.2 Å². The van der Waals surface area contributed by atoms with Crippen LogP contribution < -0.4 is 5.32 Å². The Balaban J connectivity index is 1.83. The molecule has 2 aromatic rings. The molecular formula is C20H22F6N4O. The van der Waals surface area contributed by atoms with Crippen molar-refractivity contribution in [2.45, 2.75) is 57.6 Å². The first-order valence-corrected chi connectivity index (χ1v) is 9.56. The summed E-state index contributed by atoms with van der Waals surface area (Å²) in [5.41, 5.74) is -2.35. The molecule has 1 N–H and O–H groups in total. The molecule has 31 heavy (non-hydrogen) atoms. The number of anilines is 1. The second kappa shape index (κ2) is 8.25. The SMILES string of the molecule is COC1CC(Nc2nc(CCc3cnccc3C(F)(F)F)ncc2C(F)(F)F)C1(C)C. The third kappa shape index (κ3) is 4.91. The Hall–Kier alpha value is -2.43. The van der Waals surface area contributed by atoms with E-state index in [1.807, 2.05) is 13.8 Å². The quantitative estimate of drug-likeness (QED) is 0.636. The Kier molecular flexibility index (Phi) is 6.18. The van der Waals surface area contributed by atoms with Crippen molar-refractivity contribution in [1.29, 1.82) is 0 Å². The lowest BCUT2D eigenvalue weighted by Gasteiger charge is -2.51. The van der Waals surface area contributed by atoms with Gasteiger partial charge < -0.3 is 10.1 Å². The Morgan fingerprint density at radius 2 is 1.74 bits per heavy atom. The molecule has 0 spiro atoms. The van der Waals surface area contributed by atoms with Gasteiger partial charge in [0.25, 0.3) is 0 Å². The topological polar surface area (TPSA) is 59.9 Å². The molecule has 170 valence electrons. The maximum Gasteiger partial charge on any atom is 0.421 e. The van der Waals surface area contributed by atoms with Crippen LogP contribution in [0.25, 0.3) is 0 Å². The first kappa shape index (κ1) is 23.2. The highest BCUT2D eigenvalue weighted by Crippen LogP contribution is 2.45. The van der Waals surface area contributed by atoms with Crippen LogP contribution in [0.3, 0.4) is 0 Å². The maximum absolute atomic E-state index is 13.4. The van der Waals surface area contributed by atoms with Crippen LogP contribution in [0.15, 0.2) is 24.7 Å². The summed E-state index contributed by atoms with van der Waals surface area (Å²) in [6, 6.07) is 0.553. The molecule has 0 amide bonds. The van der Waals surface area contributed by atoms with Gasteiger partial charge in [-0.2, -0.15) is 26.3 Å². The molecule has 5 nitrogen and oxygen atoms in total. The van der Waals surface area contributed by atoms with Crippen molar-refractivity contribution < 1.29 is 31.1 Å². The minimum absolute atomic E-state index is 0.00731. The third-order valence-corrected chi connectivity index (χ3v) is 5.74. The average Bonchev–Trinajstić information content (AvgIpc) is 2.68. The van der Waals surface area contributed by atoms with Gasteiger partial charge in [0.2, 0.25) is 0 Å². The van der Waals surface area contributed by atoms with Gasteiger partial charge in [-0.05, 0) is 24.5 Å². The van der Waals surface area contributed by atoms with Crippen LogP contribution in [0.1, 0.15) is 42.8 Å². The number of rotatable bonds is 6. The van der Waals surface area contributed by atoms with Gasteiger partial charge >= 0.3 is 12.4 Å². The number of nitrogens with zero attached hydrogens (tertiary/aromatic N) is 3. The van der Waals surface area contributed by atoms with Crippen LogP contribution in [0.5, 0.6) is 0 Å². The molecule has 2 unspecified atom stereocenters. The van der Waals surface area contributed by atoms with E-state index in [4.69, 9.17) is 4.74 Å². The lowest BCUT2D eigenvalue weighted by atomic mass is 9.64. The normalized spacial score (nSPS) is 20.9. The lowest BCUT2D eigenvalue weighted by molar-refractivity contribution is -0.138. The largest absolute Gasteiger partial charge is 0.421 e. The van der Waals surface area contributed by atoms with E-state index in [-0.39, 0.29) is 42.2 Å². The summed E-state index contributed by atoms with van der Waals surface area (Å²) in [4.78, 5) is 11.4. The van der Waals surface area contributed by atoms with Gasteiger partial charge in [-0.15, -0.1) is 0 Å². The van der Waals surface area contributed by atoms with Crippen molar-refractivity contribution in [1.82, 2.24) is 15.0 Å². The second-order valence-corrected chi connectivity index (χ2v) is 8.06. The van der Waals surface area contributed by atoms with Gasteiger partial charge in [-0.1, -0.05) is 13.8 Å². The molecule has 0 bridgehead atoms. The van der Waals surface area contributed by atoms with Crippen molar-refractivity contribution in [2.75, 3.05) is 12.4 Å². The second-order valence-electron chi connectivity index (χ2n) is 8.06. The zero-order chi connectivity index (χ0) is 23.0. The monoisotopic (exact) mass is 448 g/mol. The van der Waals surface area contributed by atoms with E-state index in [9.17, 15) is 26.3 Å². The summed E-state index contributed by atoms with van der Waals surface area (Å²) in [6.07, 6.45) is -6.23. The summed E-state index contributed by atoms with van der Waals surface area (Å²) >= 11 is 0. The number of ether oxygens (including phenoxy) is 1. The Morgan fingerprint density at radius 1 is 1.06 bits per heavy atom. The summed E-state index contributed by atoms with van der Waals surface area (Å²) in [5, 5.41) is 2.84. The molecule has 1 saturated carbocycles. The number of methoxy groups -OCH3 is 1. The summed E-state index contributed by atoms with van der Waals surface area (Å²) < 4.78 is 85.1. The number of aromatic nitrogens is 3. The lowest BCUT2D eigenvalue weighted by Crippen LogP contribution is -2.58. The van der Waals surface area contributed by atoms with Gasteiger partial charge in [-0.3, -0.25) is 4.98 Å². The smallest absolute Gasteiger partial charge is 0.381 e. The number of pyridine rings is 1. The molecule has 3 rings (SSSR count). The minimum atomic E-state index is -4.68. The van der Waals surface area contributed by atoms with Crippen LogP contribution in [0.4, 0.5) is 32.2 Å². The zero-order valence-electron chi connectivity index (χ0n) is 17.1. The first-order valence-electron chi connectivity index (χ1n) is 9.56. The van der Waals surface area contributed by atoms with Gasteiger partial charge in [-0.25, -0.2) is 9.97 Å². The van der Waals surface area contributed by atoms with Crippen molar-refractivity contribution in [2.24, 2.45) is 5.41 Å². The van der Waals surface area contributed by atoms with Crippen molar-refractivity contribution in [3.63, 3.8) is 0 Å². The van der Waals surface area contributed by atoms with E-state index in [1.165, 1.54) is 0 Å². The number of alkyl halides is 6. The molecule has 2 aromatic heterocycles. The highest BCUT2D eigenvalue weighted by molar-refractivity contribution is 5.47. The standard InChI is InChI=1S/C20H22F6N4O/c1-18(2)14(8-15(18)31-3)29-17-13(20(24,25)26)10-28-16(30-17)5-4-11-9-27-7-6-12(11)19(21,22)23/h6-7,9-10,14-15H,4-5,8H2,1-3H3,(H,28,29,30). The van der Waals surface area contributed by atoms with Gasteiger partial charge in [0.15, 0.2) is 0 Å². The number of hydrogen-bond donors (Lipinski definition) is 1. The summed E-state index contributed by atoms with van der Waals surface area (Å²) in [5.74, 6) is -0.375. The maximum atomic E-state index is 13.4. The predicted molar refractivity (Wildman–Crippen MR) is 100 cm³/mol. The average molecular weight is 448 g/mol. The highest BCUT2D eigenvalue weighted by Gasteiger charge is 2.49. The van der Waals surface area contributed by atoms with Crippen LogP contribution in [0.2, 0.25) is 0 Å². The van der Waals surface area contributed by atoms with Crippen LogP contribution in [-0.4, -0.2) is 34.2 Å². The Bertz CT molecular complexity index is 929. The molecular weight excluding hydrogens is 426 g/mol. The van der Waals surface area contributed by atoms with Crippen molar-refractivity contribution in [3.8, 4) is 0 Å². The fourth-order valence-electron chi connectivity index (χ4n) is 3.70. The van der Waals surface area contributed by atoms with E-state index in [1.54, 1.807) is 7.11 Å². The molecule has 0 saturated heterocycles. The molecule has 11 heteroatoms. The highest BCUT2D eigenvalue weighted by atomic mass is 19.4. The first-order chi connectivity index (χ1) is 14.3. The number of halogens is 6. The van der Waals surface area contributed by atoms with Gasteiger partial charge in [0, 0.05) is 43.6 Å². The molecule has 1 fully saturated rings. The van der Waals surface area contributed by atoms with Gasteiger partial charge in [0.05, 0.1) is 11.7 Å². The van der Waals surface area contributed by atoms with Crippen LogP contribution in [0, 0.1) is 5.41 Å². The zero-order valence-corrected chi connectivity index (χ0v) is 17.1.